The summed E-state index contributed by atoms with van der Waals surface area (Å²) in [7, 11) is 1.79. The molecule has 3 N–H and O–H groups in total. The lowest BCUT2D eigenvalue weighted by molar-refractivity contribution is -0.125. The summed E-state index contributed by atoms with van der Waals surface area (Å²) in [6.07, 6.45) is 0. The van der Waals surface area contributed by atoms with Crippen molar-refractivity contribution < 1.29 is 14.3 Å². The molecule has 2 aromatic carbocycles. The molecule has 2 rings (SSSR count). The van der Waals surface area contributed by atoms with E-state index in [0.29, 0.717) is 13.2 Å². The predicted molar refractivity (Wildman–Crippen MR) is 99.2 cm³/mol. The molecule has 132 valence electrons. The molecule has 0 spiro atoms. The van der Waals surface area contributed by atoms with E-state index < -0.39 is 18.0 Å². The monoisotopic (exact) mass is 405 g/mol. The number of amides is 3. The maximum absolute atomic E-state index is 12.4. The van der Waals surface area contributed by atoms with Gasteiger partial charge >= 0.3 is 6.03 Å². The zero-order valence-electron chi connectivity index (χ0n) is 13.8. The summed E-state index contributed by atoms with van der Waals surface area (Å²) in [5, 5.41) is 2.15. The summed E-state index contributed by atoms with van der Waals surface area (Å²) in [5.41, 5.74) is 5.85. The number of primary amides is 1. The third-order valence-corrected chi connectivity index (χ3v) is 4.11. The Kier molecular flexibility index (Phi) is 6.97. The molecule has 0 aliphatic carbocycles. The number of ether oxygens (including phenoxy) is 1. The molecular weight excluding hydrogens is 386 g/mol. The number of nitrogens with zero attached hydrogens (tertiary/aromatic N) is 1. The first kappa shape index (κ1) is 19.0. The second kappa shape index (κ2) is 9.19. The highest BCUT2D eigenvalue weighted by Crippen LogP contribution is 2.20. The van der Waals surface area contributed by atoms with Crippen molar-refractivity contribution in [2.75, 3.05) is 20.2 Å². The molecule has 0 heterocycles. The van der Waals surface area contributed by atoms with Crippen LogP contribution in [0.1, 0.15) is 11.6 Å². The fraction of sp³-hybridized carbons (Fsp3) is 0.222. The molecule has 6 nitrogen and oxygen atoms in total. The number of likely N-dealkylation sites (N-methyl/N-ethyl adjacent to an activating group) is 1. The van der Waals surface area contributed by atoms with Gasteiger partial charge in [0.15, 0.2) is 0 Å². The predicted octanol–water partition coefficient (Wildman–Crippen LogP) is 2.70. The van der Waals surface area contributed by atoms with E-state index in [0.717, 1.165) is 15.8 Å². The molecule has 2 aromatic rings. The van der Waals surface area contributed by atoms with Gasteiger partial charge in [-0.1, -0.05) is 46.3 Å². The molecule has 0 fully saturated rings. The van der Waals surface area contributed by atoms with Gasteiger partial charge in [-0.2, -0.15) is 0 Å². The van der Waals surface area contributed by atoms with Crippen LogP contribution in [0.15, 0.2) is 59.1 Å². The van der Waals surface area contributed by atoms with Crippen molar-refractivity contribution in [2.45, 2.75) is 6.04 Å². The zero-order chi connectivity index (χ0) is 18.2. The van der Waals surface area contributed by atoms with Gasteiger partial charge in [-0.05, 0) is 36.9 Å². The van der Waals surface area contributed by atoms with Gasteiger partial charge in [-0.15, -0.1) is 0 Å². The lowest BCUT2D eigenvalue weighted by Gasteiger charge is -2.27. The fourth-order valence-corrected chi connectivity index (χ4v) is 2.66. The Labute approximate surface area is 155 Å². The maximum Gasteiger partial charge on any atom is 0.318 e. The molecule has 0 saturated carbocycles. The summed E-state index contributed by atoms with van der Waals surface area (Å²) in [5.74, 6) is 0.277. The van der Waals surface area contributed by atoms with E-state index in [4.69, 9.17) is 10.5 Å². The highest BCUT2D eigenvalue weighted by molar-refractivity contribution is 9.10. The van der Waals surface area contributed by atoms with Crippen molar-refractivity contribution in [3.8, 4) is 5.75 Å². The van der Waals surface area contributed by atoms with Crippen LogP contribution in [0.25, 0.3) is 0 Å². The summed E-state index contributed by atoms with van der Waals surface area (Å²) >= 11 is 3.37. The summed E-state index contributed by atoms with van der Waals surface area (Å²) in [6, 6.07) is 15.2. The molecule has 0 aliphatic rings. The van der Waals surface area contributed by atoms with Crippen LogP contribution < -0.4 is 15.8 Å². The van der Waals surface area contributed by atoms with Crippen molar-refractivity contribution in [2.24, 2.45) is 5.73 Å². The van der Waals surface area contributed by atoms with Crippen LogP contribution in [-0.4, -0.2) is 37.0 Å². The molecule has 7 heteroatoms. The molecule has 0 unspecified atom stereocenters. The minimum absolute atomic E-state index is 0.394. The van der Waals surface area contributed by atoms with E-state index >= 15 is 0 Å². The highest BCUT2D eigenvalue weighted by Gasteiger charge is 2.25. The molecule has 25 heavy (non-hydrogen) atoms. The van der Waals surface area contributed by atoms with E-state index in [1.165, 1.54) is 0 Å². The first-order valence-corrected chi connectivity index (χ1v) is 8.50. The lowest BCUT2D eigenvalue weighted by atomic mass is 10.0. The van der Waals surface area contributed by atoms with Crippen molar-refractivity contribution in [1.29, 1.82) is 0 Å². The average molecular weight is 406 g/mol. The number of carbonyl (C=O) groups is 2. The van der Waals surface area contributed by atoms with Crippen LogP contribution in [0.2, 0.25) is 0 Å². The average Bonchev–Trinajstić information content (AvgIpc) is 2.57. The van der Waals surface area contributed by atoms with E-state index in [9.17, 15) is 9.59 Å². The van der Waals surface area contributed by atoms with Crippen LogP contribution in [0.4, 0.5) is 4.79 Å². The smallest absolute Gasteiger partial charge is 0.318 e. The summed E-state index contributed by atoms with van der Waals surface area (Å²) in [4.78, 5) is 25.2. The van der Waals surface area contributed by atoms with E-state index in [1.807, 2.05) is 59.5 Å². The minimum Gasteiger partial charge on any atom is -0.492 e. The Morgan fingerprint density at radius 1 is 1.16 bits per heavy atom. The van der Waals surface area contributed by atoms with Crippen LogP contribution in [-0.2, 0) is 4.79 Å². The fourth-order valence-electron chi connectivity index (χ4n) is 2.40. The van der Waals surface area contributed by atoms with Gasteiger partial charge in [0.05, 0.1) is 0 Å². The van der Waals surface area contributed by atoms with Gasteiger partial charge in [0.1, 0.15) is 18.4 Å². The Morgan fingerprint density at radius 3 is 2.40 bits per heavy atom. The third kappa shape index (κ3) is 5.88. The van der Waals surface area contributed by atoms with E-state index in [1.54, 1.807) is 7.05 Å². The summed E-state index contributed by atoms with van der Waals surface area (Å²) in [6.45, 7) is 0.882. The number of carbonyl (C=O) groups excluding carboxylic acids is 2. The second-order valence-electron chi connectivity index (χ2n) is 5.45. The molecular formula is C18H20BrN3O3. The quantitative estimate of drug-likeness (QED) is 0.741. The van der Waals surface area contributed by atoms with Crippen LogP contribution in [0, 0.1) is 0 Å². The number of benzene rings is 2. The first-order valence-electron chi connectivity index (χ1n) is 7.71. The van der Waals surface area contributed by atoms with Crippen molar-refractivity contribution in [1.82, 2.24) is 10.2 Å². The number of rotatable bonds is 7. The van der Waals surface area contributed by atoms with Gasteiger partial charge in [-0.25, -0.2) is 4.79 Å². The third-order valence-electron chi connectivity index (χ3n) is 3.58. The number of halogens is 1. The zero-order valence-corrected chi connectivity index (χ0v) is 15.4. The van der Waals surface area contributed by atoms with Crippen LogP contribution >= 0.6 is 15.9 Å². The number of nitrogens with one attached hydrogen (secondary N) is 1. The van der Waals surface area contributed by atoms with Crippen molar-refractivity contribution in [3.05, 3.63) is 64.6 Å². The highest BCUT2D eigenvalue weighted by atomic mass is 79.9. The van der Waals surface area contributed by atoms with Crippen LogP contribution in [0.5, 0.6) is 5.75 Å². The largest absolute Gasteiger partial charge is 0.492 e. The first-order chi connectivity index (χ1) is 12.0. The number of hydrogen-bond acceptors (Lipinski definition) is 4. The molecule has 1 atom stereocenters. The van der Waals surface area contributed by atoms with E-state index in [2.05, 4.69) is 21.2 Å². The Bertz CT molecular complexity index is 707. The molecule has 0 saturated heterocycles. The van der Waals surface area contributed by atoms with Crippen LogP contribution in [0.3, 0.4) is 0 Å². The maximum atomic E-state index is 12.4. The van der Waals surface area contributed by atoms with Gasteiger partial charge in [0.25, 0.3) is 0 Å². The van der Waals surface area contributed by atoms with Crippen molar-refractivity contribution in [3.63, 3.8) is 0 Å². The number of hydrogen-bond donors (Lipinski definition) is 2. The molecule has 0 radical (unpaired) electrons. The Balaban J connectivity index is 2.01. The number of urea groups is 1. The Hall–Kier alpha value is -2.38. The number of nitrogens with two attached hydrogens (primary N) is 1. The molecule has 0 aromatic heterocycles. The topological polar surface area (TPSA) is 84.7 Å². The van der Waals surface area contributed by atoms with Crippen molar-refractivity contribution >= 4 is 27.9 Å². The number of imide groups is 1. The van der Waals surface area contributed by atoms with Gasteiger partial charge < -0.3 is 10.5 Å². The van der Waals surface area contributed by atoms with Gasteiger partial charge in [0, 0.05) is 11.0 Å². The minimum atomic E-state index is -0.870. The SMILES string of the molecule is CN(CCOc1ccc(Br)cc1)[C@H](C(=O)NC(N)=O)c1ccccc1. The van der Waals surface area contributed by atoms with E-state index in [-0.39, 0.29) is 0 Å². The summed E-state index contributed by atoms with van der Waals surface area (Å²) < 4.78 is 6.67. The molecule has 0 bridgehead atoms. The van der Waals surface area contributed by atoms with Gasteiger partial charge in [-0.3, -0.25) is 15.0 Å². The normalized spacial score (nSPS) is 11.8. The standard InChI is InChI=1S/C18H20BrN3O3/c1-22(11-12-25-15-9-7-14(19)8-10-15)16(17(23)21-18(20)24)13-5-3-2-4-6-13/h2-10,16H,11-12H2,1H3,(H3,20,21,23,24)/t16-/m0/s1. The second-order valence-corrected chi connectivity index (χ2v) is 6.37. The molecule has 0 aliphatic heterocycles. The molecule has 3 amide bonds. The van der Waals surface area contributed by atoms with Gasteiger partial charge in [0.2, 0.25) is 5.91 Å². The Morgan fingerprint density at radius 2 is 1.80 bits per heavy atom. The lowest BCUT2D eigenvalue weighted by Crippen LogP contribution is -2.44.